The number of carbonyl (C=O) groups excluding carboxylic acids is 1. The minimum absolute atomic E-state index is 0.207. The van der Waals surface area contributed by atoms with Gasteiger partial charge in [0, 0.05) is 19.2 Å². The molecule has 0 spiro atoms. The smallest absolute Gasteiger partial charge is 0.291 e. The van der Waals surface area contributed by atoms with Gasteiger partial charge in [0.15, 0.2) is 0 Å². The molecule has 2 heterocycles. The van der Waals surface area contributed by atoms with Crippen molar-refractivity contribution in [1.82, 2.24) is 30.3 Å². The molecule has 0 aliphatic heterocycles. The Kier molecular flexibility index (Phi) is 2.58. The van der Waals surface area contributed by atoms with E-state index in [2.05, 4.69) is 25.6 Å². The van der Waals surface area contributed by atoms with E-state index in [9.17, 15) is 4.79 Å². The second-order valence-electron chi connectivity index (χ2n) is 4.45. The van der Waals surface area contributed by atoms with E-state index in [1.165, 1.54) is 0 Å². The molecule has 7 nitrogen and oxygen atoms in total. The van der Waals surface area contributed by atoms with Crippen molar-refractivity contribution in [3.8, 4) is 0 Å². The summed E-state index contributed by atoms with van der Waals surface area (Å²) in [6, 6.07) is 1.86. The lowest BCUT2D eigenvalue weighted by Crippen LogP contribution is -2.25. The molecule has 1 fully saturated rings. The van der Waals surface area contributed by atoms with Crippen LogP contribution in [0.4, 0.5) is 0 Å². The van der Waals surface area contributed by atoms with Crippen LogP contribution in [0.1, 0.15) is 40.9 Å². The van der Waals surface area contributed by atoms with Crippen LogP contribution in [0.15, 0.2) is 12.3 Å². The van der Waals surface area contributed by atoms with E-state index in [0.717, 1.165) is 24.4 Å². The van der Waals surface area contributed by atoms with E-state index in [-0.39, 0.29) is 11.7 Å². The zero-order chi connectivity index (χ0) is 12.5. The molecule has 2 aromatic rings. The number of amides is 1. The number of aryl methyl sites for hydroxylation is 1. The molecule has 0 bridgehead atoms. The highest BCUT2D eigenvalue weighted by Gasteiger charge is 2.28. The van der Waals surface area contributed by atoms with E-state index in [1.807, 2.05) is 13.1 Å². The second-order valence-corrected chi connectivity index (χ2v) is 4.45. The quantitative estimate of drug-likeness (QED) is 0.814. The fourth-order valence-electron chi connectivity index (χ4n) is 1.74. The molecule has 2 N–H and O–H groups in total. The topological polar surface area (TPSA) is 88.5 Å². The van der Waals surface area contributed by atoms with Crippen LogP contribution in [0.2, 0.25) is 0 Å². The molecule has 18 heavy (non-hydrogen) atoms. The van der Waals surface area contributed by atoms with Crippen molar-refractivity contribution in [2.24, 2.45) is 7.05 Å². The van der Waals surface area contributed by atoms with Crippen molar-refractivity contribution in [3.63, 3.8) is 0 Å². The van der Waals surface area contributed by atoms with Gasteiger partial charge in [0.2, 0.25) is 5.82 Å². The van der Waals surface area contributed by atoms with E-state index in [4.69, 9.17) is 0 Å². The SMILES string of the molecule is Cn1nccc1CNC(=O)c1n[nH]c(C2CC2)n1. The summed E-state index contributed by atoms with van der Waals surface area (Å²) in [5, 5.41) is 13.5. The highest BCUT2D eigenvalue weighted by atomic mass is 16.2. The van der Waals surface area contributed by atoms with Crippen molar-refractivity contribution in [3.05, 3.63) is 29.6 Å². The first kappa shape index (κ1) is 10.9. The Morgan fingerprint density at radius 2 is 2.44 bits per heavy atom. The summed E-state index contributed by atoms with van der Waals surface area (Å²) in [7, 11) is 1.83. The summed E-state index contributed by atoms with van der Waals surface area (Å²) in [4.78, 5) is 16.0. The van der Waals surface area contributed by atoms with Crippen LogP contribution in [0.25, 0.3) is 0 Å². The van der Waals surface area contributed by atoms with Crippen LogP contribution in [0, 0.1) is 0 Å². The molecule has 0 unspecified atom stereocenters. The molecule has 3 rings (SSSR count). The Morgan fingerprint density at radius 3 is 3.11 bits per heavy atom. The van der Waals surface area contributed by atoms with Gasteiger partial charge in [-0.15, -0.1) is 5.10 Å². The summed E-state index contributed by atoms with van der Waals surface area (Å²) in [5.41, 5.74) is 0.932. The molecule has 1 saturated carbocycles. The molecule has 94 valence electrons. The molecule has 1 amide bonds. The lowest BCUT2D eigenvalue weighted by molar-refractivity contribution is 0.0940. The summed E-state index contributed by atoms with van der Waals surface area (Å²) in [6.07, 6.45) is 3.95. The Balaban J connectivity index is 1.62. The highest BCUT2D eigenvalue weighted by molar-refractivity contribution is 5.90. The molecule has 2 aromatic heterocycles. The van der Waals surface area contributed by atoms with Gasteiger partial charge in [0.25, 0.3) is 5.91 Å². The Morgan fingerprint density at radius 1 is 1.61 bits per heavy atom. The Bertz CT molecular complexity index is 568. The number of H-pyrrole nitrogens is 1. The van der Waals surface area contributed by atoms with Gasteiger partial charge >= 0.3 is 0 Å². The third-order valence-corrected chi connectivity index (χ3v) is 3.02. The number of aromatic nitrogens is 5. The van der Waals surface area contributed by atoms with Crippen LogP contribution in [-0.4, -0.2) is 30.9 Å². The van der Waals surface area contributed by atoms with Crippen LogP contribution < -0.4 is 5.32 Å². The van der Waals surface area contributed by atoms with Crippen LogP contribution in [-0.2, 0) is 13.6 Å². The van der Waals surface area contributed by atoms with E-state index >= 15 is 0 Å². The zero-order valence-electron chi connectivity index (χ0n) is 10.1. The summed E-state index contributed by atoms with van der Waals surface area (Å²) < 4.78 is 1.72. The largest absolute Gasteiger partial charge is 0.344 e. The molecule has 0 saturated heterocycles. The Labute approximate surface area is 104 Å². The van der Waals surface area contributed by atoms with Gasteiger partial charge in [-0.05, 0) is 18.9 Å². The van der Waals surface area contributed by atoms with E-state index in [1.54, 1.807) is 10.9 Å². The predicted octanol–water partition coefficient (Wildman–Crippen LogP) is 0.346. The molecule has 7 heteroatoms. The van der Waals surface area contributed by atoms with Gasteiger partial charge in [-0.1, -0.05) is 0 Å². The van der Waals surface area contributed by atoms with Crippen molar-refractivity contribution in [1.29, 1.82) is 0 Å². The minimum Gasteiger partial charge on any atom is -0.344 e. The predicted molar refractivity (Wildman–Crippen MR) is 62.7 cm³/mol. The number of nitrogens with one attached hydrogen (secondary N) is 2. The van der Waals surface area contributed by atoms with Crippen molar-refractivity contribution in [2.45, 2.75) is 25.3 Å². The van der Waals surface area contributed by atoms with Crippen LogP contribution >= 0.6 is 0 Å². The van der Waals surface area contributed by atoms with Crippen molar-refractivity contribution < 1.29 is 4.79 Å². The maximum absolute atomic E-state index is 11.8. The van der Waals surface area contributed by atoms with Gasteiger partial charge < -0.3 is 5.32 Å². The highest BCUT2D eigenvalue weighted by Crippen LogP contribution is 2.37. The lowest BCUT2D eigenvalue weighted by Gasteiger charge is -2.02. The van der Waals surface area contributed by atoms with Gasteiger partial charge in [-0.3, -0.25) is 14.6 Å². The number of hydrogen-bond donors (Lipinski definition) is 2. The van der Waals surface area contributed by atoms with Crippen molar-refractivity contribution >= 4 is 5.91 Å². The van der Waals surface area contributed by atoms with Crippen LogP contribution in [0.3, 0.4) is 0 Å². The van der Waals surface area contributed by atoms with Gasteiger partial charge in [-0.25, -0.2) is 4.98 Å². The van der Waals surface area contributed by atoms with Gasteiger partial charge in [-0.2, -0.15) is 5.10 Å². The number of rotatable bonds is 4. The third kappa shape index (κ3) is 2.11. The van der Waals surface area contributed by atoms with Crippen molar-refractivity contribution in [2.75, 3.05) is 0 Å². The number of carbonyl (C=O) groups is 1. The normalized spacial score (nSPS) is 14.7. The average molecular weight is 246 g/mol. The third-order valence-electron chi connectivity index (χ3n) is 3.02. The summed E-state index contributed by atoms with van der Waals surface area (Å²) in [6.45, 7) is 0.419. The molecule has 0 radical (unpaired) electrons. The first-order chi connectivity index (χ1) is 8.74. The Hall–Kier alpha value is -2.18. The maximum atomic E-state index is 11.8. The summed E-state index contributed by atoms with van der Waals surface area (Å²) >= 11 is 0. The first-order valence-electron chi connectivity index (χ1n) is 5.91. The first-order valence-corrected chi connectivity index (χ1v) is 5.91. The molecule has 1 aliphatic carbocycles. The number of nitrogens with zero attached hydrogens (tertiary/aromatic N) is 4. The minimum atomic E-state index is -0.264. The average Bonchev–Trinajstić information content (AvgIpc) is 2.95. The molecule has 0 atom stereocenters. The van der Waals surface area contributed by atoms with Gasteiger partial charge in [0.05, 0.1) is 12.2 Å². The monoisotopic (exact) mass is 246 g/mol. The molecular weight excluding hydrogens is 232 g/mol. The number of aromatic amines is 1. The standard InChI is InChI=1S/C11H14N6O/c1-17-8(4-5-13-17)6-12-11(18)10-14-9(15-16-10)7-2-3-7/h4-5,7H,2-3,6H2,1H3,(H,12,18)(H,14,15,16). The molecular formula is C11H14N6O. The van der Waals surface area contributed by atoms with E-state index in [0.29, 0.717) is 12.5 Å². The summed E-state index contributed by atoms with van der Waals surface area (Å²) in [5.74, 6) is 1.23. The zero-order valence-corrected chi connectivity index (χ0v) is 10.1. The second kappa shape index (κ2) is 4.25. The van der Waals surface area contributed by atoms with Gasteiger partial charge in [0.1, 0.15) is 5.82 Å². The lowest BCUT2D eigenvalue weighted by atomic mass is 10.4. The fraction of sp³-hybridized carbons (Fsp3) is 0.455. The number of hydrogen-bond acceptors (Lipinski definition) is 4. The molecule has 1 aliphatic rings. The maximum Gasteiger partial charge on any atom is 0.291 e. The fourth-order valence-corrected chi connectivity index (χ4v) is 1.74. The van der Waals surface area contributed by atoms with Crippen LogP contribution in [0.5, 0.6) is 0 Å². The van der Waals surface area contributed by atoms with E-state index < -0.39 is 0 Å². The molecule has 0 aromatic carbocycles.